The highest BCUT2D eigenvalue weighted by atomic mass is 19.4. The Morgan fingerprint density at radius 2 is 1.75 bits per heavy atom. The SMILES string of the molecule is CC(C)(C)C(=O)NCc1ccc(F)c(Nc2nc3cc(C(=O)N[C@H]4CC[C@H](C(F)(F)F)CC4)c(OCC(F)F)nc3[nH]2)c1F. The maximum atomic E-state index is 15.2. The van der Waals surface area contributed by atoms with Crippen molar-refractivity contribution < 1.29 is 45.1 Å². The zero-order chi connectivity index (χ0) is 32.4. The van der Waals surface area contributed by atoms with Gasteiger partial charge in [0.25, 0.3) is 12.3 Å². The first-order valence-corrected chi connectivity index (χ1v) is 13.7. The lowest BCUT2D eigenvalue weighted by molar-refractivity contribution is -0.182. The molecular weight excluding hydrogens is 601 g/mol. The first-order valence-electron chi connectivity index (χ1n) is 13.7. The number of H-pyrrole nitrogens is 1. The van der Waals surface area contributed by atoms with Crippen molar-refractivity contribution in [3.63, 3.8) is 0 Å². The Bertz CT molecular complexity index is 1510. The van der Waals surface area contributed by atoms with Gasteiger partial charge in [-0.3, -0.25) is 9.59 Å². The Morgan fingerprint density at radius 3 is 2.36 bits per heavy atom. The molecule has 4 N–H and O–H groups in total. The number of imidazole rings is 1. The van der Waals surface area contributed by atoms with Crippen molar-refractivity contribution in [2.75, 3.05) is 11.9 Å². The molecule has 1 aromatic carbocycles. The predicted octanol–water partition coefficient (Wildman–Crippen LogP) is 6.14. The van der Waals surface area contributed by atoms with Crippen molar-refractivity contribution in [2.24, 2.45) is 11.3 Å². The number of pyridine rings is 1. The number of nitrogens with one attached hydrogen (secondary N) is 4. The Hall–Kier alpha value is -4.11. The molecule has 2 heterocycles. The number of alkyl halides is 5. The molecule has 240 valence electrons. The number of halogens is 7. The van der Waals surface area contributed by atoms with Gasteiger partial charge in [0.15, 0.2) is 18.1 Å². The lowest BCUT2D eigenvalue weighted by atomic mass is 9.85. The highest BCUT2D eigenvalue weighted by Crippen LogP contribution is 2.37. The molecule has 9 nitrogen and oxygen atoms in total. The second-order valence-corrected chi connectivity index (χ2v) is 11.5. The Labute approximate surface area is 247 Å². The van der Waals surface area contributed by atoms with Crippen molar-refractivity contribution in [3.05, 3.63) is 41.0 Å². The summed E-state index contributed by atoms with van der Waals surface area (Å²) in [5, 5.41) is 7.64. The summed E-state index contributed by atoms with van der Waals surface area (Å²) in [6, 6.07) is 2.73. The monoisotopic (exact) mass is 632 g/mol. The van der Waals surface area contributed by atoms with E-state index in [1.165, 1.54) is 6.07 Å². The van der Waals surface area contributed by atoms with Gasteiger partial charge >= 0.3 is 6.18 Å². The van der Waals surface area contributed by atoms with Gasteiger partial charge in [-0.05, 0) is 37.8 Å². The normalized spacial score (nSPS) is 17.5. The number of fused-ring (bicyclic) bond motifs is 1. The van der Waals surface area contributed by atoms with Crippen LogP contribution in [0.25, 0.3) is 11.2 Å². The molecular formula is C28H31F7N6O3. The molecule has 4 rings (SSSR count). The van der Waals surface area contributed by atoms with Crippen LogP contribution in [0.5, 0.6) is 5.88 Å². The average Bonchev–Trinajstić information content (AvgIpc) is 3.33. The lowest BCUT2D eigenvalue weighted by Crippen LogP contribution is -2.40. The van der Waals surface area contributed by atoms with Crippen LogP contribution in [0.1, 0.15) is 62.4 Å². The van der Waals surface area contributed by atoms with Crippen molar-refractivity contribution >= 4 is 34.6 Å². The first kappa shape index (κ1) is 32.8. The molecule has 2 amide bonds. The molecule has 16 heteroatoms. The van der Waals surface area contributed by atoms with Gasteiger partial charge in [-0.15, -0.1) is 0 Å². The summed E-state index contributed by atoms with van der Waals surface area (Å²) >= 11 is 0. The second kappa shape index (κ2) is 12.9. The van der Waals surface area contributed by atoms with Crippen molar-refractivity contribution in [1.29, 1.82) is 0 Å². The Kier molecular flexibility index (Phi) is 9.59. The molecule has 0 atom stereocenters. The maximum Gasteiger partial charge on any atom is 0.391 e. The largest absolute Gasteiger partial charge is 0.471 e. The van der Waals surface area contributed by atoms with Crippen LogP contribution in [-0.4, -0.2) is 52.0 Å². The minimum atomic E-state index is -4.33. The van der Waals surface area contributed by atoms with Gasteiger partial charge in [-0.25, -0.2) is 22.5 Å². The van der Waals surface area contributed by atoms with E-state index in [2.05, 4.69) is 30.9 Å². The van der Waals surface area contributed by atoms with Crippen molar-refractivity contribution in [3.8, 4) is 5.88 Å². The van der Waals surface area contributed by atoms with Crippen LogP contribution >= 0.6 is 0 Å². The van der Waals surface area contributed by atoms with Crippen LogP contribution in [-0.2, 0) is 11.3 Å². The van der Waals surface area contributed by atoms with Crippen LogP contribution in [0.2, 0.25) is 0 Å². The zero-order valence-electron chi connectivity index (χ0n) is 24.0. The highest BCUT2D eigenvalue weighted by molar-refractivity contribution is 5.99. The molecule has 0 unspecified atom stereocenters. The van der Waals surface area contributed by atoms with E-state index in [9.17, 15) is 35.9 Å². The fourth-order valence-corrected chi connectivity index (χ4v) is 4.63. The molecule has 2 aromatic heterocycles. The smallest absolute Gasteiger partial charge is 0.391 e. The van der Waals surface area contributed by atoms with Crippen molar-refractivity contribution in [2.45, 2.75) is 71.6 Å². The van der Waals surface area contributed by atoms with Crippen LogP contribution in [0.3, 0.4) is 0 Å². The molecule has 0 radical (unpaired) electrons. The van der Waals surface area contributed by atoms with Gasteiger partial charge in [0, 0.05) is 23.6 Å². The van der Waals surface area contributed by atoms with Gasteiger partial charge in [0.1, 0.15) is 22.6 Å². The highest BCUT2D eigenvalue weighted by Gasteiger charge is 2.41. The third kappa shape index (κ3) is 7.88. The number of carbonyl (C=O) groups is 2. The molecule has 1 saturated carbocycles. The quantitative estimate of drug-likeness (QED) is 0.211. The first-order chi connectivity index (χ1) is 20.5. The standard InChI is InChI=1S/C28H31F7N6O3/c1-27(2,3)25(43)36-11-13-4-9-17(29)21(20(13)32)39-26-38-18-10-16(24(40-22(18)41-26)44-12-19(30)31)23(42)37-15-7-5-14(6-8-15)28(33,34)35/h4,9-10,14-15,19H,5-8,11-12H2,1-3H3,(H,36,43)(H,37,42)(H2,38,39,40,41)/t14-,15-. The van der Waals surface area contributed by atoms with E-state index in [4.69, 9.17) is 4.74 Å². The number of carbonyl (C=O) groups excluding carboxylic acids is 2. The van der Waals surface area contributed by atoms with E-state index in [0.717, 1.165) is 12.1 Å². The van der Waals surface area contributed by atoms with E-state index < -0.39 is 65.7 Å². The van der Waals surface area contributed by atoms with Crippen LogP contribution in [0, 0.1) is 23.0 Å². The number of hydrogen-bond acceptors (Lipinski definition) is 6. The number of hydrogen-bond donors (Lipinski definition) is 4. The van der Waals surface area contributed by atoms with Crippen LogP contribution in [0.4, 0.5) is 42.4 Å². The number of amides is 2. The van der Waals surface area contributed by atoms with E-state index in [1.807, 2.05) is 0 Å². The fourth-order valence-electron chi connectivity index (χ4n) is 4.63. The molecule has 3 aromatic rings. The summed E-state index contributed by atoms with van der Waals surface area (Å²) in [6.45, 7) is 3.69. The summed E-state index contributed by atoms with van der Waals surface area (Å²) in [7, 11) is 0. The van der Waals surface area contributed by atoms with Crippen LogP contribution in [0.15, 0.2) is 18.2 Å². The molecule has 44 heavy (non-hydrogen) atoms. The van der Waals surface area contributed by atoms with Gasteiger partial charge in [0.2, 0.25) is 17.7 Å². The molecule has 1 fully saturated rings. The third-order valence-corrected chi connectivity index (χ3v) is 7.09. The summed E-state index contributed by atoms with van der Waals surface area (Å²) < 4.78 is 99.7. The number of rotatable bonds is 9. The number of aromatic amines is 1. The fraction of sp³-hybridized carbons (Fsp3) is 0.500. The summed E-state index contributed by atoms with van der Waals surface area (Å²) in [5.74, 6) is -5.34. The molecule has 1 aliphatic carbocycles. The molecule has 0 bridgehead atoms. The van der Waals surface area contributed by atoms with E-state index in [1.54, 1.807) is 20.8 Å². The van der Waals surface area contributed by atoms with Gasteiger partial charge in [-0.2, -0.15) is 18.2 Å². The van der Waals surface area contributed by atoms with Gasteiger partial charge in [0.05, 0.1) is 5.92 Å². The van der Waals surface area contributed by atoms with E-state index in [0.29, 0.717) is 0 Å². The maximum absolute atomic E-state index is 15.2. The van der Waals surface area contributed by atoms with Crippen molar-refractivity contribution in [1.82, 2.24) is 25.6 Å². The molecule has 0 saturated heterocycles. The zero-order valence-corrected chi connectivity index (χ0v) is 24.0. The molecule has 0 spiro atoms. The summed E-state index contributed by atoms with van der Waals surface area (Å²) in [6.07, 6.45) is -7.47. The molecule has 1 aliphatic rings. The van der Waals surface area contributed by atoms with Gasteiger partial charge < -0.3 is 25.7 Å². The Balaban J connectivity index is 1.56. The summed E-state index contributed by atoms with van der Waals surface area (Å²) in [4.78, 5) is 36.1. The molecule has 0 aliphatic heterocycles. The number of ether oxygens (including phenoxy) is 1. The number of anilines is 2. The third-order valence-electron chi connectivity index (χ3n) is 7.09. The predicted molar refractivity (Wildman–Crippen MR) is 146 cm³/mol. The van der Waals surface area contributed by atoms with E-state index in [-0.39, 0.29) is 66.4 Å². The van der Waals surface area contributed by atoms with Crippen LogP contribution < -0.4 is 20.7 Å². The number of aromatic nitrogens is 3. The van der Waals surface area contributed by atoms with E-state index >= 15 is 4.39 Å². The minimum absolute atomic E-state index is 0.00256. The number of nitrogens with zero attached hydrogens (tertiary/aromatic N) is 2. The number of benzene rings is 1. The topological polar surface area (TPSA) is 121 Å². The lowest BCUT2D eigenvalue weighted by Gasteiger charge is -2.30. The Morgan fingerprint density at radius 1 is 1.07 bits per heavy atom. The van der Waals surface area contributed by atoms with Gasteiger partial charge in [-0.1, -0.05) is 26.8 Å². The second-order valence-electron chi connectivity index (χ2n) is 11.5. The summed E-state index contributed by atoms with van der Waals surface area (Å²) in [5.41, 5.74) is -1.74. The minimum Gasteiger partial charge on any atom is -0.471 e. The average molecular weight is 633 g/mol.